The van der Waals surface area contributed by atoms with E-state index in [-0.39, 0.29) is 5.37 Å². The van der Waals surface area contributed by atoms with E-state index < -0.39 is 12.0 Å². The van der Waals surface area contributed by atoms with Crippen molar-refractivity contribution in [3.63, 3.8) is 0 Å². The molecule has 0 bridgehead atoms. The fourth-order valence-corrected chi connectivity index (χ4v) is 5.91. The van der Waals surface area contributed by atoms with Crippen molar-refractivity contribution in [3.05, 3.63) is 60.7 Å². The van der Waals surface area contributed by atoms with E-state index in [1.54, 1.807) is 11.8 Å². The Morgan fingerprint density at radius 2 is 1.92 bits per heavy atom. The largest absolute Gasteiger partial charge is 0.544 e. The Kier molecular flexibility index (Phi) is 6.27. The van der Waals surface area contributed by atoms with Crippen LogP contribution in [0.2, 0.25) is 0 Å². The molecule has 7 heteroatoms. The van der Waals surface area contributed by atoms with Gasteiger partial charge in [0.2, 0.25) is 0 Å². The second-order valence-electron chi connectivity index (χ2n) is 5.46. The lowest BCUT2D eigenvalue weighted by atomic mass is 10.2. The fourth-order valence-electron chi connectivity index (χ4n) is 2.49. The summed E-state index contributed by atoms with van der Waals surface area (Å²) in [5.41, 5.74) is 2.24. The number of carboxylic acid groups (broad SMARTS) is 1. The average molecular weight is 567 g/mol. The molecule has 24 heavy (non-hydrogen) atoms. The number of halogens is 2. The second-order valence-corrected chi connectivity index (χ2v) is 8.96. The van der Waals surface area contributed by atoms with Crippen molar-refractivity contribution < 1.29 is 20.0 Å². The number of hydrogen-bond donors (Lipinski definition) is 1. The average Bonchev–Trinajstić information content (AvgIpc) is 3.05. The van der Waals surface area contributed by atoms with Gasteiger partial charge in [-0.1, -0.05) is 42.1 Å². The molecule has 3 rings (SSSR count). The number of benzene rings is 2. The molecule has 0 unspecified atom stereocenters. The first-order chi connectivity index (χ1) is 11.5. The summed E-state index contributed by atoms with van der Waals surface area (Å²) in [7, 11) is 0. The van der Waals surface area contributed by atoms with E-state index >= 15 is 0 Å². The van der Waals surface area contributed by atoms with Crippen molar-refractivity contribution in [2.75, 3.05) is 5.75 Å². The van der Waals surface area contributed by atoms with Gasteiger partial charge in [-0.05, 0) is 62.9 Å². The number of hydrogen-bond acceptors (Lipinski definition) is 4. The highest BCUT2D eigenvalue weighted by Gasteiger charge is 2.31. The lowest BCUT2D eigenvalue weighted by Crippen LogP contribution is -2.90. The molecule has 1 saturated heterocycles. The number of rotatable bonds is 5. The summed E-state index contributed by atoms with van der Waals surface area (Å²) in [5, 5.41) is 13.0. The summed E-state index contributed by atoms with van der Waals surface area (Å²) >= 11 is 6.20. The Hall–Kier alpha value is -0.520. The predicted molar refractivity (Wildman–Crippen MR) is 109 cm³/mol. The standard InChI is InChI=1S/C17H15I2NO3S/c18-12-6-11(16-20-14(9-24-16)17(21)22)7-13(19)15(12)23-8-10-4-2-1-3-5-10/h1-7,14,16,20H,8-9H2,(H,21,22)/t14-,16-/m0/s1. The molecule has 0 spiro atoms. The molecule has 2 aromatic rings. The number of ether oxygens (including phenoxy) is 1. The van der Waals surface area contributed by atoms with Gasteiger partial charge in [0.1, 0.15) is 24.4 Å². The topological polar surface area (TPSA) is 66.0 Å². The van der Waals surface area contributed by atoms with Gasteiger partial charge in [0, 0.05) is 5.56 Å². The van der Waals surface area contributed by atoms with E-state index in [1.165, 1.54) is 0 Å². The van der Waals surface area contributed by atoms with Crippen LogP contribution in [0.3, 0.4) is 0 Å². The Balaban J connectivity index is 1.73. The highest BCUT2D eigenvalue weighted by atomic mass is 127. The van der Waals surface area contributed by atoms with Gasteiger partial charge in [-0.25, -0.2) is 0 Å². The number of carboxylic acids is 1. The molecule has 126 valence electrons. The van der Waals surface area contributed by atoms with Crippen LogP contribution in [0.5, 0.6) is 5.75 Å². The van der Waals surface area contributed by atoms with Crippen LogP contribution in [0.15, 0.2) is 42.5 Å². The van der Waals surface area contributed by atoms with Crippen molar-refractivity contribution in [1.82, 2.24) is 0 Å². The molecule has 0 aromatic heterocycles. The molecule has 2 atom stereocenters. The summed E-state index contributed by atoms with van der Waals surface area (Å²) < 4.78 is 8.07. The normalized spacial score (nSPS) is 20.1. The molecule has 1 aliphatic heterocycles. The number of nitrogens with two attached hydrogens (primary N) is 1. The van der Waals surface area contributed by atoms with Gasteiger partial charge < -0.3 is 20.0 Å². The minimum Gasteiger partial charge on any atom is -0.544 e. The highest BCUT2D eigenvalue weighted by Crippen LogP contribution is 2.35. The minimum absolute atomic E-state index is 0.0955. The molecular weight excluding hydrogens is 552 g/mol. The molecule has 2 aromatic carbocycles. The maximum absolute atomic E-state index is 11.0. The zero-order valence-electron chi connectivity index (χ0n) is 12.6. The Morgan fingerprint density at radius 1 is 1.25 bits per heavy atom. The van der Waals surface area contributed by atoms with Gasteiger partial charge in [0.05, 0.1) is 12.9 Å². The number of thioether (sulfide) groups is 1. The van der Waals surface area contributed by atoms with Gasteiger partial charge in [0.25, 0.3) is 0 Å². The lowest BCUT2D eigenvalue weighted by Gasteiger charge is -2.15. The van der Waals surface area contributed by atoms with E-state index in [0.717, 1.165) is 24.0 Å². The number of aliphatic carboxylic acids is 1. The smallest absolute Gasteiger partial charge is 0.159 e. The van der Waals surface area contributed by atoms with Gasteiger partial charge in [-0.3, -0.25) is 0 Å². The van der Waals surface area contributed by atoms with E-state index in [2.05, 4.69) is 57.3 Å². The molecule has 0 saturated carbocycles. The maximum Gasteiger partial charge on any atom is 0.159 e. The third-order valence-corrected chi connectivity index (χ3v) is 6.68. The van der Waals surface area contributed by atoms with E-state index in [0.29, 0.717) is 12.4 Å². The zero-order valence-corrected chi connectivity index (χ0v) is 17.7. The first-order valence-corrected chi connectivity index (χ1v) is 10.6. The number of carbonyl (C=O) groups is 1. The van der Waals surface area contributed by atoms with Crippen LogP contribution >= 0.6 is 56.9 Å². The molecule has 1 heterocycles. The van der Waals surface area contributed by atoms with Crippen LogP contribution in [0.1, 0.15) is 16.5 Å². The number of carbonyl (C=O) groups excluding carboxylic acids is 1. The van der Waals surface area contributed by atoms with Crippen molar-refractivity contribution in [1.29, 1.82) is 0 Å². The lowest BCUT2D eigenvalue weighted by molar-refractivity contribution is -0.690. The molecule has 2 N–H and O–H groups in total. The molecule has 0 radical (unpaired) electrons. The van der Waals surface area contributed by atoms with Crippen molar-refractivity contribution in [2.24, 2.45) is 0 Å². The monoisotopic (exact) mass is 567 g/mol. The highest BCUT2D eigenvalue weighted by molar-refractivity contribution is 14.1. The van der Waals surface area contributed by atoms with Crippen LogP contribution < -0.4 is 15.2 Å². The van der Waals surface area contributed by atoms with E-state index in [4.69, 9.17) is 4.74 Å². The first-order valence-electron chi connectivity index (χ1n) is 7.37. The van der Waals surface area contributed by atoms with Crippen LogP contribution in [0, 0.1) is 7.14 Å². The van der Waals surface area contributed by atoms with Crippen molar-refractivity contribution in [3.8, 4) is 5.75 Å². The Morgan fingerprint density at radius 3 is 2.50 bits per heavy atom. The molecular formula is C17H15I2NO3S. The van der Waals surface area contributed by atoms with Crippen LogP contribution in [0.25, 0.3) is 0 Å². The molecule has 1 aliphatic rings. The van der Waals surface area contributed by atoms with Crippen LogP contribution in [-0.4, -0.2) is 17.8 Å². The third kappa shape index (κ3) is 4.36. The summed E-state index contributed by atoms with van der Waals surface area (Å²) in [6.45, 7) is 0.531. The van der Waals surface area contributed by atoms with Crippen LogP contribution in [-0.2, 0) is 11.4 Å². The van der Waals surface area contributed by atoms with Gasteiger partial charge in [-0.15, -0.1) is 0 Å². The Labute approximate surface area is 172 Å². The summed E-state index contributed by atoms with van der Waals surface area (Å²) in [5.74, 6) is 0.465. The zero-order chi connectivity index (χ0) is 17.1. The first kappa shape index (κ1) is 18.3. The number of quaternary nitrogens is 1. The predicted octanol–water partition coefficient (Wildman–Crippen LogP) is 1.90. The van der Waals surface area contributed by atoms with E-state index in [9.17, 15) is 9.90 Å². The summed E-state index contributed by atoms with van der Waals surface area (Å²) in [6, 6.07) is 13.8. The minimum atomic E-state index is -0.989. The molecule has 0 aliphatic carbocycles. The summed E-state index contributed by atoms with van der Waals surface area (Å²) in [6.07, 6.45) is 0. The Bertz CT molecular complexity index is 719. The molecule has 0 amide bonds. The van der Waals surface area contributed by atoms with Gasteiger partial charge in [-0.2, -0.15) is 0 Å². The SMILES string of the molecule is O=C([O-])[C@@H]1CS[C@@H](c2cc(I)c(OCc3ccccc3)c(I)c2)[NH2+]1. The van der Waals surface area contributed by atoms with Gasteiger partial charge >= 0.3 is 0 Å². The second kappa shape index (κ2) is 8.24. The summed E-state index contributed by atoms with van der Waals surface area (Å²) in [4.78, 5) is 11.0. The third-order valence-electron chi connectivity index (χ3n) is 3.74. The van der Waals surface area contributed by atoms with E-state index in [1.807, 2.05) is 35.6 Å². The van der Waals surface area contributed by atoms with Crippen molar-refractivity contribution in [2.45, 2.75) is 18.0 Å². The van der Waals surface area contributed by atoms with Crippen LogP contribution in [0.4, 0.5) is 0 Å². The maximum atomic E-state index is 11.0. The van der Waals surface area contributed by atoms with Crippen molar-refractivity contribution >= 4 is 62.9 Å². The fraction of sp³-hybridized carbons (Fsp3) is 0.235. The quantitative estimate of drug-likeness (QED) is 0.562. The van der Waals surface area contributed by atoms with Gasteiger partial charge in [0.15, 0.2) is 5.37 Å². The molecule has 1 fully saturated rings. The molecule has 4 nitrogen and oxygen atoms in total.